The number of aromatic nitrogens is 1. The molecule has 0 saturated carbocycles. The van der Waals surface area contributed by atoms with Crippen LogP contribution in [0.1, 0.15) is 6.92 Å². The molecule has 96 valence electrons. The van der Waals surface area contributed by atoms with E-state index in [1.54, 1.807) is 19.2 Å². The Hall–Kier alpha value is -2.54. The second kappa shape index (κ2) is 5.87. The summed E-state index contributed by atoms with van der Waals surface area (Å²) >= 11 is 0. The highest BCUT2D eigenvalue weighted by atomic mass is 16.5. The number of rotatable bonds is 4. The molecule has 0 spiro atoms. The van der Waals surface area contributed by atoms with Gasteiger partial charge in [0, 0.05) is 0 Å². The van der Waals surface area contributed by atoms with Crippen molar-refractivity contribution in [1.29, 1.82) is 0 Å². The summed E-state index contributed by atoms with van der Waals surface area (Å²) in [7, 11) is 1.59. The van der Waals surface area contributed by atoms with E-state index in [-0.39, 0.29) is 0 Å². The lowest BCUT2D eigenvalue weighted by Gasteiger charge is -2.10. The molecule has 4 heteroatoms. The summed E-state index contributed by atoms with van der Waals surface area (Å²) in [6.45, 7) is 9.37. The van der Waals surface area contributed by atoms with Crippen LogP contribution in [0.5, 0.6) is 11.6 Å². The molecule has 0 unspecified atom stereocenters. The van der Waals surface area contributed by atoms with Crippen LogP contribution >= 0.6 is 0 Å². The van der Waals surface area contributed by atoms with Gasteiger partial charge in [0.2, 0.25) is 0 Å². The van der Waals surface area contributed by atoms with Crippen LogP contribution in [0.3, 0.4) is 0 Å². The molecule has 0 saturated heterocycles. The molecule has 0 aliphatic carbocycles. The number of hydrogen-bond acceptors (Lipinski definition) is 3. The fourth-order valence-corrected chi connectivity index (χ4v) is 1.69. The summed E-state index contributed by atoms with van der Waals surface area (Å²) in [4.78, 5) is 7.80. The van der Waals surface area contributed by atoms with E-state index in [2.05, 4.69) is 9.83 Å². The van der Waals surface area contributed by atoms with Gasteiger partial charge in [-0.25, -0.2) is 9.83 Å². The van der Waals surface area contributed by atoms with Gasteiger partial charge in [-0.3, -0.25) is 0 Å². The van der Waals surface area contributed by atoms with Crippen LogP contribution in [0.15, 0.2) is 36.4 Å². The summed E-state index contributed by atoms with van der Waals surface area (Å²) in [6, 6.07) is 11.0. The van der Waals surface area contributed by atoms with Crippen molar-refractivity contribution in [1.82, 2.24) is 4.98 Å². The monoisotopic (exact) mass is 254 g/mol. The Morgan fingerprint density at radius 1 is 1.16 bits per heavy atom. The first-order valence-corrected chi connectivity index (χ1v) is 5.94. The van der Waals surface area contributed by atoms with E-state index in [0.717, 1.165) is 11.3 Å². The van der Waals surface area contributed by atoms with Gasteiger partial charge in [0.15, 0.2) is 11.4 Å². The lowest BCUT2D eigenvalue weighted by molar-refractivity contribution is 0.299. The van der Waals surface area contributed by atoms with E-state index >= 15 is 0 Å². The van der Waals surface area contributed by atoms with Crippen LogP contribution in [-0.2, 0) is 0 Å². The maximum Gasteiger partial charge on any atom is 0.257 e. The Balaban J connectivity index is 2.39. The molecule has 1 aromatic carbocycles. The molecule has 0 atom stereocenters. The van der Waals surface area contributed by atoms with Crippen LogP contribution in [0, 0.1) is 6.57 Å². The van der Waals surface area contributed by atoms with Crippen LogP contribution in [0.2, 0.25) is 0 Å². The highest BCUT2D eigenvalue weighted by molar-refractivity contribution is 5.64. The molecule has 19 heavy (non-hydrogen) atoms. The largest absolute Gasteiger partial charge is 0.491 e. The Bertz CT molecular complexity index is 601. The number of nitrogens with zero attached hydrogens (tertiary/aromatic N) is 2. The Labute approximate surface area is 112 Å². The number of pyridine rings is 1. The molecule has 0 bridgehead atoms. The van der Waals surface area contributed by atoms with E-state index in [4.69, 9.17) is 16.0 Å². The van der Waals surface area contributed by atoms with Gasteiger partial charge in [0.25, 0.3) is 5.88 Å². The summed E-state index contributed by atoms with van der Waals surface area (Å²) in [5, 5.41) is 0. The zero-order chi connectivity index (χ0) is 13.7. The third-order valence-electron chi connectivity index (χ3n) is 2.62. The zero-order valence-electron chi connectivity index (χ0n) is 10.9. The van der Waals surface area contributed by atoms with Crippen molar-refractivity contribution in [3.63, 3.8) is 0 Å². The Morgan fingerprint density at radius 3 is 2.47 bits per heavy atom. The molecule has 0 radical (unpaired) electrons. The molecule has 0 N–H and O–H groups in total. The van der Waals surface area contributed by atoms with E-state index in [1.165, 1.54) is 0 Å². The fraction of sp³-hybridized carbons (Fsp3) is 0.200. The fourth-order valence-electron chi connectivity index (χ4n) is 1.69. The molecule has 1 aromatic heterocycles. The molecular formula is C15H14N2O2. The Morgan fingerprint density at radius 2 is 1.89 bits per heavy atom. The normalized spacial score (nSPS) is 9.74. The predicted octanol–water partition coefficient (Wildman–Crippen LogP) is 3.71. The number of methoxy groups -OCH3 is 1. The third-order valence-corrected chi connectivity index (χ3v) is 2.62. The molecule has 0 fully saturated rings. The summed E-state index contributed by atoms with van der Waals surface area (Å²) in [5.41, 5.74) is 2.35. The molecule has 2 aromatic rings. The predicted molar refractivity (Wildman–Crippen MR) is 73.7 cm³/mol. The Kier molecular flexibility index (Phi) is 3.99. The van der Waals surface area contributed by atoms with Gasteiger partial charge in [0.05, 0.1) is 26.0 Å². The lowest BCUT2D eigenvalue weighted by Crippen LogP contribution is -1.98. The standard InChI is InChI=1S/C15H14N2O2/c1-4-19-15-14(18-3)10-9-13(17-15)11-5-7-12(16-2)8-6-11/h5-10H,4H2,1,3H3. The molecule has 1 heterocycles. The quantitative estimate of drug-likeness (QED) is 0.780. The third kappa shape index (κ3) is 2.83. The average Bonchev–Trinajstić information content (AvgIpc) is 2.47. The van der Waals surface area contributed by atoms with E-state index in [1.807, 2.05) is 31.2 Å². The molecule has 0 aliphatic heterocycles. The SMILES string of the molecule is [C-]#[N+]c1ccc(-c2ccc(OC)c(OCC)n2)cc1. The van der Waals surface area contributed by atoms with Crippen molar-refractivity contribution in [3.8, 4) is 22.9 Å². The van der Waals surface area contributed by atoms with Crippen molar-refractivity contribution < 1.29 is 9.47 Å². The minimum Gasteiger partial charge on any atom is -0.491 e. The minimum atomic E-state index is 0.483. The van der Waals surface area contributed by atoms with E-state index in [9.17, 15) is 0 Å². The van der Waals surface area contributed by atoms with Gasteiger partial charge in [0.1, 0.15) is 0 Å². The first-order chi connectivity index (χ1) is 9.28. The molecule has 4 nitrogen and oxygen atoms in total. The first kappa shape index (κ1) is 12.9. The van der Waals surface area contributed by atoms with Crippen LogP contribution in [0.25, 0.3) is 16.1 Å². The van der Waals surface area contributed by atoms with E-state index in [0.29, 0.717) is 23.9 Å². The molecule has 0 aliphatic rings. The number of ether oxygens (including phenoxy) is 2. The summed E-state index contributed by atoms with van der Waals surface area (Å²) in [6.07, 6.45) is 0. The van der Waals surface area contributed by atoms with Gasteiger partial charge in [-0.1, -0.05) is 24.3 Å². The second-order valence-corrected chi connectivity index (χ2v) is 3.80. The van der Waals surface area contributed by atoms with Crippen LogP contribution < -0.4 is 9.47 Å². The van der Waals surface area contributed by atoms with Gasteiger partial charge < -0.3 is 9.47 Å². The zero-order valence-corrected chi connectivity index (χ0v) is 10.9. The summed E-state index contributed by atoms with van der Waals surface area (Å²) < 4.78 is 10.6. The lowest BCUT2D eigenvalue weighted by atomic mass is 10.1. The smallest absolute Gasteiger partial charge is 0.257 e. The van der Waals surface area contributed by atoms with E-state index < -0.39 is 0 Å². The molecule has 0 amide bonds. The van der Waals surface area contributed by atoms with Gasteiger partial charge in [-0.15, -0.1) is 0 Å². The minimum absolute atomic E-state index is 0.483. The maximum absolute atomic E-state index is 6.93. The molecular weight excluding hydrogens is 240 g/mol. The maximum atomic E-state index is 6.93. The van der Waals surface area contributed by atoms with Gasteiger partial charge in [-0.05, 0) is 24.6 Å². The van der Waals surface area contributed by atoms with Crippen molar-refractivity contribution in [2.24, 2.45) is 0 Å². The second-order valence-electron chi connectivity index (χ2n) is 3.80. The summed E-state index contributed by atoms with van der Waals surface area (Å²) in [5.74, 6) is 1.10. The molecule has 2 rings (SSSR count). The van der Waals surface area contributed by atoms with Crippen molar-refractivity contribution in [2.75, 3.05) is 13.7 Å². The van der Waals surface area contributed by atoms with Crippen molar-refractivity contribution in [3.05, 3.63) is 47.8 Å². The van der Waals surface area contributed by atoms with Crippen molar-refractivity contribution in [2.45, 2.75) is 6.92 Å². The van der Waals surface area contributed by atoms with Gasteiger partial charge >= 0.3 is 0 Å². The number of benzene rings is 1. The number of hydrogen-bond donors (Lipinski definition) is 0. The average molecular weight is 254 g/mol. The van der Waals surface area contributed by atoms with Crippen LogP contribution in [-0.4, -0.2) is 18.7 Å². The van der Waals surface area contributed by atoms with Gasteiger partial charge in [-0.2, -0.15) is 0 Å². The first-order valence-electron chi connectivity index (χ1n) is 5.94. The van der Waals surface area contributed by atoms with Crippen molar-refractivity contribution >= 4 is 5.69 Å². The highest BCUT2D eigenvalue weighted by Gasteiger charge is 2.08. The topological polar surface area (TPSA) is 35.7 Å². The van der Waals surface area contributed by atoms with Crippen LogP contribution in [0.4, 0.5) is 5.69 Å². The highest BCUT2D eigenvalue weighted by Crippen LogP contribution is 2.29.